The third-order valence-electron chi connectivity index (χ3n) is 3.91. The van der Waals surface area contributed by atoms with Crippen molar-refractivity contribution in [2.75, 3.05) is 0 Å². The largest absolute Gasteiger partial charge is 0.573 e. The molecule has 0 saturated carbocycles. The molecule has 0 aliphatic rings. The zero-order valence-electron chi connectivity index (χ0n) is 13.7. The maximum absolute atomic E-state index is 12.2. The first kappa shape index (κ1) is 19.3. The van der Waals surface area contributed by atoms with E-state index in [0.29, 0.717) is 25.7 Å². The number of aryl methyl sites for hydroxylation is 1. The summed E-state index contributed by atoms with van der Waals surface area (Å²) in [6.45, 7) is 0. The van der Waals surface area contributed by atoms with Crippen LogP contribution in [0.4, 0.5) is 13.2 Å². The van der Waals surface area contributed by atoms with Gasteiger partial charge in [-0.25, -0.2) is 0 Å². The Balaban J connectivity index is 1.79. The monoisotopic (exact) mass is 353 g/mol. The van der Waals surface area contributed by atoms with Crippen LogP contribution < -0.4 is 10.5 Å². The van der Waals surface area contributed by atoms with Crippen LogP contribution in [0.2, 0.25) is 0 Å². The van der Waals surface area contributed by atoms with Gasteiger partial charge in [0, 0.05) is 6.04 Å². The van der Waals surface area contributed by atoms with Gasteiger partial charge in [-0.2, -0.15) is 0 Å². The Labute approximate surface area is 145 Å². The quantitative estimate of drug-likeness (QED) is 0.758. The molecule has 2 atom stereocenters. The Bertz CT molecular complexity index is 647. The predicted octanol–water partition coefficient (Wildman–Crippen LogP) is 3.84. The van der Waals surface area contributed by atoms with Crippen molar-refractivity contribution in [1.29, 1.82) is 0 Å². The molecule has 2 rings (SSSR count). The summed E-state index contributed by atoms with van der Waals surface area (Å²) in [6, 6.07) is 15.2. The molecule has 0 unspecified atom stereocenters. The second-order valence-corrected chi connectivity index (χ2v) is 6.01. The molecule has 0 fully saturated rings. The van der Waals surface area contributed by atoms with Gasteiger partial charge in [-0.15, -0.1) is 13.2 Å². The second-order valence-electron chi connectivity index (χ2n) is 6.01. The van der Waals surface area contributed by atoms with Crippen molar-refractivity contribution in [3.63, 3.8) is 0 Å². The fourth-order valence-electron chi connectivity index (χ4n) is 2.65. The molecule has 0 heterocycles. The van der Waals surface area contributed by atoms with Crippen molar-refractivity contribution in [2.45, 2.75) is 44.2 Å². The number of aliphatic hydroxyl groups is 1. The molecule has 3 nitrogen and oxygen atoms in total. The van der Waals surface area contributed by atoms with Gasteiger partial charge in [-0.1, -0.05) is 42.5 Å². The van der Waals surface area contributed by atoms with Crippen LogP contribution in [0.15, 0.2) is 54.6 Å². The van der Waals surface area contributed by atoms with Crippen molar-refractivity contribution >= 4 is 0 Å². The van der Waals surface area contributed by atoms with E-state index in [1.54, 1.807) is 6.07 Å². The lowest BCUT2D eigenvalue weighted by Gasteiger charge is -2.19. The number of ether oxygens (including phenoxy) is 1. The summed E-state index contributed by atoms with van der Waals surface area (Å²) in [7, 11) is 0. The zero-order chi connectivity index (χ0) is 18.3. The van der Waals surface area contributed by atoms with Crippen LogP contribution in [-0.2, 0) is 12.8 Å². The molecule has 0 saturated heterocycles. The van der Waals surface area contributed by atoms with Gasteiger partial charge in [0.15, 0.2) is 0 Å². The van der Waals surface area contributed by atoms with Crippen molar-refractivity contribution < 1.29 is 23.0 Å². The lowest BCUT2D eigenvalue weighted by Crippen LogP contribution is -2.36. The molecule has 0 aliphatic heterocycles. The van der Waals surface area contributed by atoms with Crippen LogP contribution in [0, 0.1) is 0 Å². The van der Waals surface area contributed by atoms with E-state index in [1.807, 2.05) is 30.3 Å². The van der Waals surface area contributed by atoms with E-state index in [9.17, 15) is 18.3 Å². The van der Waals surface area contributed by atoms with Crippen LogP contribution in [-0.4, -0.2) is 23.6 Å². The number of hydrogen-bond donors (Lipinski definition) is 2. The molecule has 6 heteroatoms. The molecule has 0 radical (unpaired) electrons. The van der Waals surface area contributed by atoms with Crippen molar-refractivity contribution in [3.8, 4) is 5.75 Å². The van der Waals surface area contributed by atoms with Gasteiger partial charge >= 0.3 is 6.36 Å². The van der Waals surface area contributed by atoms with Crippen LogP contribution in [0.3, 0.4) is 0 Å². The molecule has 3 N–H and O–H groups in total. The lowest BCUT2D eigenvalue weighted by molar-refractivity contribution is -0.274. The van der Waals surface area contributed by atoms with E-state index in [0.717, 1.165) is 11.1 Å². The van der Waals surface area contributed by atoms with E-state index in [1.165, 1.54) is 18.2 Å². The Morgan fingerprint density at radius 3 is 2.36 bits per heavy atom. The third kappa shape index (κ3) is 7.15. The van der Waals surface area contributed by atoms with Crippen LogP contribution in [0.1, 0.15) is 24.0 Å². The SMILES string of the molecule is N[C@@H](Cc1ccccc1)[C@H](O)CCCc1cccc(OC(F)(F)F)c1. The van der Waals surface area contributed by atoms with E-state index in [4.69, 9.17) is 5.73 Å². The van der Waals surface area contributed by atoms with Gasteiger partial charge in [0.25, 0.3) is 0 Å². The highest BCUT2D eigenvalue weighted by Gasteiger charge is 2.31. The van der Waals surface area contributed by atoms with E-state index >= 15 is 0 Å². The number of aliphatic hydroxyl groups excluding tert-OH is 1. The minimum absolute atomic E-state index is 0.230. The Hall–Kier alpha value is -2.05. The van der Waals surface area contributed by atoms with Crippen molar-refractivity contribution in [3.05, 3.63) is 65.7 Å². The molecular weight excluding hydrogens is 331 g/mol. The molecule has 2 aromatic carbocycles. The fraction of sp³-hybridized carbons (Fsp3) is 0.368. The molecule has 2 aromatic rings. The zero-order valence-corrected chi connectivity index (χ0v) is 13.7. The topological polar surface area (TPSA) is 55.5 Å². The van der Waals surface area contributed by atoms with Crippen LogP contribution in [0.25, 0.3) is 0 Å². The minimum Gasteiger partial charge on any atom is -0.406 e. The summed E-state index contributed by atoms with van der Waals surface area (Å²) in [5, 5.41) is 10.2. The van der Waals surface area contributed by atoms with Gasteiger partial charge < -0.3 is 15.6 Å². The number of alkyl halides is 3. The first-order chi connectivity index (χ1) is 11.8. The van der Waals surface area contributed by atoms with E-state index in [-0.39, 0.29) is 11.8 Å². The standard InChI is InChI=1S/C19H22F3NO2/c20-19(21,22)25-16-10-4-8-14(12-16)9-5-11-18(24)17(23)13-15-6-2-1-3-7-15/h1-4,6-8,10,12,17-18,24H,5,9,11,13,23H2/t17-,18+/m0/s1. The Morgan fingerprint density at radius 1 is 1.00 bits per heavy atom. The summed E-state index contributed by atoms with van der Waals surface area (Å²) in [5.41, 5.74) is 7.82. The third-order valence-corrected chi connectivity index (χ3v) is 3.91. The second kappa shape index (κ2) is 8.87. The summed E-state index contributed by atoms with van der Waals surface area (Å²) < 4.78 is 40.6. The smallest absolute Gasteiger partial charge is 0.406 e. The Kier molecular flexibility index (Phi) is 6.84. The van der Waals surface area contributed by atoms with Crippen LogP contribution >= 0.6 is 0 Å². The van der Waals surface area contributed by atoms with Crippen molar-refractivity contribution in [2.24, 2.45) is 5.73 Å². The highest BCUT2D eigenvalue weighted by molar-refractivity contribution is 5.28. The summed E-state index contributed by atoms with van der Waals surface area (Å²) in [6.07, 6.45) is -3.12. The Morgan fingerprint density at radius 2 is 1.68 bits per heavy atom. The van der Waals surface area contributed by atoms with E-state index in [2.05, 4.69) is 4.74 Å². The fourth-order valence-corrected chi connectivity index (χ4v) is 2.65. The van der Waals surface area contributed by atoms with Gasteiger partial charge in [0.05, 0.1) is 6.10 Å². The number of nitrogens with two attached hydrogens (primary N) is 1. The first-order valence-electron chi connectivity index (χ1n) is 8.16. The number of rotatable bonds is 8. The molecule has 0 spiro atoms. The number of halogens is 3. The lowest BCUT2D eigenvalue weighted by atomic mass is 9.97. The van der Waals surface area contributed by atoms with Gasteiger partial charge in [-0.3, -0.25) is 0 Å². The molecule has 0 bridgehead atoms. The van der Waals surface area contributed by atoms with Gasteiger partial charge in [-0.05, 0) is 48.9 Å². The molecular formula is C19H22F3NO2. The average Bonchev–Trinajstić information content (AvgIpc) is 2.54. The molecule has 0 amide bonds. The highest BCUT2D eigenvalue weighted by Crippen LogP contribution is 2.24. The van der Waals surface area contributed by atoms with Crippen molar-refractivity contribution in [1.82, 2.24) is 0 Å². The van der Waals surface area contributed by atoms with E-state index < -0.39 is 12.5 Å². The van der Waals surface area contributed by atoms with Crippen LogP contribution in [0.5, 0.6) is 5.75 Å². The maximum Gasteiger partial charge on any atom is 0.573 e. The molecule has 0 aromatic heterocycles. The average molecular weight is 353 g/mol. The first-order valence-corrected chi connectivity index (χ1v) is 8.16. The number of benzene rings is 2. The number of hydrogen-bond acceptors (Lipinski definition) is 3. The highest BCUT2D eigenvalue weighted by atomic mass is 19.4. The molecule has 0 aliphatic carbocycles. The maximum atomic E-state index is 12.2. The summed E-state index contributed by atoms with van der Waals surface area (Å²) in [5.74, 6) is -0.230. The minimum atomic E-state index is -4.70. The van der Waals surface area contributed by atoms with Gasteiger partial charge in [0.2, 0.25) is 0 Å². The normalized spacial score (nSPS) is 14.1. The summed E-state index contributed by atoms with van der Waals surface area (Å²) in [4.78, 5) is 0. The van der Waals surface area contributed by atoms with Gasteiger partial charge in [0.1, 0.15) is 5.75 Å². The predicted molar refractivity (Wildman–Crippen MR) is 90.2 cm³/mol. The molecule has 136 valence electrons. The summed E-state index contributed by atoms with van der Waals surface area (Å²) >= 11 is 0. The molecule has 25 heavy (non-hydrogen) atoms.